The predicted octanol–water partition coefficient (Wildman–Crippen LogP) is 2.64. The van der Waals surface area contributed by atoms with Gasteiger partial charge in [0.1, 0.15) is 0 Å². The van der Waals surface area contributed by atoms with Gasteiger partial charge in [0, 0.05) is 50.4 Å². The second-order valence-electron chi connectivity index (χ2n) is 8.56. The third kappa shape index (κ3) is 7.32. The zero-order chi connectivity index (χ0) is 21.4. The lowest BCUT2D eigenvalue weighted by Crippen LogP contribution is -2.52. The summed E-state index contributed by atoms with van der Waals surface area (Å²) in [6.45, 7) is 13.1. The molecule has 0 aromatic heterocycles. The number of amides is 1. The number of halogens is 1. The number of carbonyl (C=O) groups excluding carboxylic acids is 1. The largest absolute Gasteiger partial charge is 0.379 e. The van der Waals surface area contributed by atoms with Crippen LogP contribution in [-0.4, -0.2) is 74.8 Å². The molecule has 0 radical (unpaired) electrons. The molecule has 7 nitrogen and oxygen atoms in total. The molecule has 1 saturated heterocycles. The van der Waals surface area contributed by atoms with Gasteiger partial charge in [0.15, 0.2) is 5.96 Å². The SMILES string of the molecule is CCNC(=NCC(C)(C)N1CCOCC1)NCCCC(=O)N1CCc2ccccc21.I. The Morgan fingerprint density at radius 3 is 2.65 bits per heavy atom. The quantitative estimate of drug-likeness (QED) is 0.229. The Kier molecular flexibility index (Phi) is 10.5. The maximum absolute atomic E-state index is 12.6. The van der Waals surface area contributed by atoms with Crippen molar-refractivity contribution in [2.75, 3.05) is 57.4 Å². The summed E-state index contributed by atoms with van der Waals surface area (Å²) < 4.78 is 5.47. The summed E-state index contributed by atoms with van der Waals surface area (Å²) in [5.74, 6) is 1.02. The van der Waals surface area contributed by atoms with Crippen molar-refractivity contribution in [2.45, 2.75) is 45.6 Å². The molecule has 2 N–H and O–H groups in total. The standard InChI is InChI=1S/C23H37N5O2.HI/c1-4-24-22(26-18-23(2,3)27-14-16-30-17-15-27)25-12-7-10-21(29)28-13-11-19-8-5-6-9-20(19)28;/h5-6,8-9H,4,7,10-18H2,1-3H3,(H2,24,25,26);1H. The maximum Gasteiger partial charge on any atom is 0.227 e. The zero-order valence-corrected chi connectivity index (χ0v) is 21.5. The van der Waals surface area contributed by atoms with Crippen molar-refractivity contribution in [1.82, 2.24) is 15.5 Å². The topological polar surface area (TPSA) is 69.2 Å². The molecule has 0 spiro atoms. The summed E-state index contributed by atoms with van der Waals surface area (Å²) in [6.07, 6.45) is 2.28. The first-order chi connectivity index (χ1) is 14.5. The molecule has 1 aromatic carbocycles. The van der Waals surface area contributed by atoms with Gasteiger partial charge in [-0.25, -0.2) is 0 Å². The van der Waals surface area contributed by atoms with Crippen LogP contribution in [0.25, 0.3) is 0 Å². The fraction of sp³-hybridized carbons (Fsp3) is 0.652. The number of morpholine rings is 1. The highest BCUT2D eigenvalue weighted by Crippen LogP contribution is 2.28. The second kappa shape index (κ2) is 12.6. The van der Waals surface area contributed by atoms with Crippen molar-refractivity contribution < 1.29 is 9.53 Å². The van der Waals surface area contributed by atoms with Gasteiger partial charge in [0.25, 0.3) is 0 Å². The minimum Gasteiger partial charge on any atom is -0.379 e. The molecule has 2 heterocycles. The molecule has 3 rings (SSSR count). The molecule has 31 heavy (non-hydrogen) atoms. The summed E-state index contributed by atoms with van der Waals surface area (Å²) in [4.78, 5) is 21.8. The maximum atomic E-state index is 12.6. The van der Waals surface area contributed by atoms with Crippen LogP contribution in [0.15, 0.2) is 29.3 Å². The van der Waals surface area contributed by atoms with Crippen molar-refractivity contribution in [3.05, 3.63) is 29.8 Å². The number of guanidine groups is 1. The monoisotopic (exact) mass is 543 g/mol. The molecular formula is C23H38IN5O2. The number of rotatable bonds is 8. The Labute approximate surface area is 204 Å². The highest BCUT2D eigenvalue weighted by Gasteiger charge is 2.28. The summed E-state index contributed by atoms with van der Waals surface area (Å²) in [5.41, 5.74) is 2.34. The van der Waals surface area contributed by atoms with Crippen LogP contribution >= 0.6 is 24.0 Å². The molecular weight excluding hydrogens is 505 g/mol. The van der Waals surface area contributed by atoms with E-state index in [-0.39, 0.29) is 35.4 Å². The number of fused-ring (bicyclic) bond motifs is 1. The fourth-order valence-electron chi connectivity index (χ4n) is 4.06. The lowest BCUT2D eigenvalue weighted by molar-refractivity contribution is -0.118. The molecule has 1 fully saturated rings. The van der Waals surface area contributed by atoms with E-state index in [9.17, 15) is 4.79 Å². The molecule has 0 aliphatic carbocycles. The van der Waals surface area contributed by atoms with Crippen LogP contribution in [0.2, 0.25) is 0 Å². The first-order valence-corrected chi connectivity index (χ1v) is 11.2. The molecule has 1 amide bonds. The van der Waals surface area contributed by atoms with E-state index in [4.69, 9.17) is 9.73 Å². The number of carbonyl (C=O) groups is 1. The number of nitrogens with zero attached hydrogens (tertiary/aromatic N) is 3. The Balaban J connectivity index is 0.00000341. The van der Waals surface area contributed by atoms with Gasteiger partial charge < -0.3 is 20.3 Å². The third-order valence-electron chi connectivity index (χ3n) is 5.88. The Morgan fingerprint density at radius 1 is 1.16 bits per heavy atom. The average molecular weight is 543 g/mol. The van der Waals surface area contributed by atoms with Gasteiger partial charge >= 0.3 is 0 Å². The third-order valence-corrected chi connectivity index (χ3v) is 5.88. The molecule has 8 heteroatoms. The van der Waals surface area contributed by atoms with E-state index in [1.54, 1.807) is 0 Å². The van der Waals surface area contributed by atoms with E-state index in [2.05, 4.69) is 42.4 Å². The fourth-order valence-corrected chi connectivity index (χ4v) is 4.06. The summed E-state index contributed by atoms with van der Waals surface area (Å²) in [6, 6.07) is 8.20. The van der Waals surface area contributed by atoms with Crippen molar-refractivity contribution >= 4 is 41.5 Å². The summed E-state index contributed by atoms with van der Waals surface area (Å²) in [7, 11) is 0. The van der Waals surface area contributed by atoms with Crippen molar-refractivity contribution in [2.24, 2.45) is 4.99 Å². The molecule has 1 aromatic rings. The van der Waals surface area contributed by atoms with Gasteiger partial charge in [-0.05, 0) is 45.2 Å². The van der Waals surface area contributed by atoms with Crippen LogP contribution in [0, 0.1) is 0 Å². The number of anilines is 1. The smallest absolute Gasteiger partial charge is 0.227 e. The van der Waals surface area contributed by atoms with E-state index < -0.39 is 0 Å². The van der Waals surface area contributed by atoms with Gasteiger partial charge in [-0.2, -0.15) is 0 Å². The first-order valence-electron chi connectivity index (χ1n) is 11.2. The van der Waals surface area contributed by atoms with E-state index in [1.165, 1.54) is 5.56 Å². The average Bonchev–Trinajstić information content (AvgIpc) is 3.20. The number of para-hydroxylation sites is 1. The van der Waals surface area contributed by atoms with Gasteiger partial charge in [0.2, 0.25) is 5.91 Å². The molecule has 2 aliphatic heterocycles. The van der Waals surface area contributed by atoms with E-state index in [1.807, 2.05) is 23.1 Å². The number of hydrogen-bond donors (Lipinski definition) is 2. The van der Waals surface area contributed by atoms with Gasteiger partial charge in [-0.1, -0.05) is 18.2 Å². The van der Waals surface area contributed by atoms with E-state index in [0.29, 0.717) is 13.0 Å². The second-order valence-corrected chi connectivity index (χ2v) is 8.56. The summed E-state index contributed by atoms with van der Waals surface area (Å²) in [5, 5.41) is 6.70. The van der Waals surface area contributed by atoms with Crippen molar-refractivity contribution in [3.63, 3.8) is 0 Å². The Bertz CT molecular complexity index is 734. The van der Waals surface area contributed by atoms with E-state index in [0.717, 1.165) is 70.4 Å². The highest BCUT2D eigenvalue weighted by atomic mass is 127. The van der Waals surface area contributed by atoms with Crippen molar-refractivity contribution in [3.8, 4) is 0 Å². The molecule has 2 aliphatic rings. The van der Waals surface area contributed by atoms with Crippen LogP contribution in [0.4, 0.5) is 5.69 Å². The van der Waals surface area contributed by atoms with Crippen LogP contribution in [0.1, 0.15) is 39.2 Å². The summed E-state index contributed by atoms with van der Waals surface area (Å²) >= 11 is 0. The molecule has 174 valence electrons. The molecule has 0 saturated carbocycles. The Morgan fingerprint density at radius 2 is 1.90 bits per heavy atom. The number of nitrogens with one attached hydrogen (secondary N) is 2. The van der Waals surface area contributed by atoms with Crippen LogP contribution < -0.4 is 15.5 Å². The number of benzene rings is 1. The zero-order valence-electron chi connectivity index (χ0n) is 19.2. The number of ether oxygens (including phenoxy) is 1. The van der Waals surface area contributed by atoms with E-state index >= 15 is 0 Å². The predicted molar refractivity (Wildman–Crippen MR) is 138 cm³/mol. The Hall–Kier alpha value is -1.39. The van der Waals surface area contributed by atoms with Gasteiger partial charge in [0.05, 0.1) is 19.8 Å². The van der Waals surface area contributed by atoms with Crippen molar-refractivity contribution in [1.29, 1.82) is 0 Å². The molecule has 0 bridgehead atoms. The number of aliphatic imine (C=N–C) groups is 1. The first kappa shape index (κ1) is 25.9. The highest BCUT2D eigenvalue weighted by molar-refractivity contribution is 14.0. The molecule has 0 atom stereocenters. The van der Waals surface area contributed by atoms with Crippen LogP contribution in [-0.2, 0) is 16.0 Å². The van der Waals surface area contributed by atoms with Gasteiger partial charge in [-0.15, -0.1) is 24.0 Å². The van der Waals surface area contributed by atoms with Gasteiger partial charge in [-0.3, -0.25) is 14.7 Å². The lowest BCUT2D eigenvalue weighted by Gasteiger charge is -2.39. The molecule has 0 unspecified atom stereocenters. The van der Waals surface area contributed by atoms with Crippen LogP contribution in [0.3, 0.4) is 0 Å². The normalized spacial score (nSPS) is 17.1. The van der Waals surface area contributed by atoms with Crippen LogP contribution in [0.5, 0.6) is 0 Å². The lowest BCUT2D eigenvalue weighted by atomic mass is 10.0. The minimum absolute atomic E-state index is 0. The number of hydrogen-bond acceptors (Lipinski definition) is 4. The minimum atomic E-state index is -0.00869.